The van der Waals surface area contributed by atoms with Gasteiger partial charge in [-0.05, 0) is 39.5 Å². The first kappa shape index (κ1) is 16.6. The second kappa shape index (κ2) is 7.97. The van der Waals surface area contributed by atoms with Crippen LogP contribution in [0.15, 0.2) is 0 Å². The zero-order chi connectivity index (χ0) is 15.1. The molecule has 6 nitrogen and oxygen atoms in total. The van der Waals surface area contributed by atoms with E-state index in [0.717, 1.165) is 25.7 Å². The number of ether oxygens (including phenoxy) is 2. The van der Waals surface area contributed by atoms with Gasteiger partial charge in [0.1, 0.15) is 12.2 Å². The van der Waals surface area contributed by atoms with E-state index in [0.29, 0.717) is 13.1 Å². The third kappa shape index (κ3) is 4.58. The molecule has 116 valence electrons. The minimum Gasteiger partial charge on any atom is -0.445 e. The zero-order valence-electron chi connectivity index (χ0n) is 12.9. The van der Waals surface area contributed by atoms with Gasteiger partial charge >= 0.3 is 12.2 Å². The van der Waals surface area contributed by atoms with Crippen molar-refractivity contribution in [3.63, 3.8) is 0 Å². The lowest BCUT2D eigenvalue weighted by Crippen LogP contribution is -2.54. The normalized spacial score (nSPS) is 18.4. The molecule has 0 aromatic rings. The van der Waals surface area contributed by atoms with Crippen molar-refractivity contribution in [2.24, 2.45) is 0 Å². The number of hydrogen-bond donors (Lipinski definition) is 0. The van der Waals surface area contributed by atoms with Crippen LogP contribution in [0.5, 0.6) is 0 Å². The maximum atomic E-state index is 12.1. The topological polar surface area (TPSA) is 59.1 Å². The number of hydrogen-bond acceptors (Lipinski definition) is 4. The molecule has 0 aromatic heterocycles. The summed E-state index contributed by atoms with van der Waals surface area (Å²) in [7, 11) is 0. The van der Waals surface area contributed by atoms with Crippen LogP contribution in [0.2, 0.25) is 0 Å². The van der Waals surface area contributed by atoms with Gasteiger partial charge < -0.3 is 9.47 Å². The summed E-state index contributed by atoms with van der Waals surface area (Å²) in [6.45, 7) is 8.55. The van der Waals surface area contributed by atoms with Crippen molar-refractivity contribution in [2.45, 2.75) is 65.6 Å². The van der Waals surface area contributed by atoms with Gasteiger partial charge in [-0.1, -0.05) is 13.8 Å². The van der Waals surface area contributed by atoms with Crippen molar-refractivity contribution in [1.82, 2.24) is 10.0 Å². The Bertz CT molecular complexity index is 303. The predicted octanol–water partition coefficient (Wildman–Crippen LogP) is 3.17. The molecule has 0 spiro atoms. The van der Waals surface area contributed by atoms with Crippen LogP contribution in [-0.2, 0) is 9.47 Å². The Hall–Kier alpha value is -1.46. The number of nitrogens with zero attached hydrogens (tertiary/aromatic N) is 2. The zero-order valence-corrected chi connectivity index (χ0v) is 12.9. The Morgan fingerprint density at radius 2 is 1.25 bits per heavy atom. The summed E-state index contributed by atoms with van der Waals surface area (Å²) in [5.41, 5.74) is 0. The van der Waals surface area contributed by atoms with Crippen LogP contribution in [0, 0.1) is 0 Å². The van der Waals surface area contributed by atoms with E-state index in [2.05, 4.69) is 0 Å². The van der Waals surface area contributed by atoms with Gasteiger partial charge in [0.25, 0.3) is 0 Å². The molecule has 1 saturated heterocycles. The van der Waals surface area contributed by atoms with Crippen molar-refractivity contribution in [3.05, 3.63) is 0 Å². The first-order chi connectivity index (χ1) is 9.49. The van der Waals surface area contributed by atoms with Crippen molar-refractivity contribution in [1.29, 1.82) is 0 Å². The number of carbonyl (C=O) groups excluding carboxylic acids is 2. The summed E-state index contributed by atoms with van der Waals surface area (Å²) in [6, 6.07) is 0. The Morgan fingerprint density at radius 1 is 0.900 bits per heavy atom. The maximum Gasteiger partial charge on any atom is 0.429 e. The molecule has 1 heterocycles. The second-order valence-electron chi connectivity index (χ2n) is 5.16. The van der Waals surface area contributed by atoms with Crippen molar-refractivity contribution in [2.75, 3.05) is 13.1 Å². The van der Waals surface area contributed by atoms with E-state index in [9.17, 15) is 9.59 Å². The smallest absolute Gasteiger partial charge is 0.429 e. The highest BCUT2D eigenvalue weighted by molar-refractivity contribution is 5.74. The standard InChI is InChI=1S/C14H26N2O4/c1-5-11(3)19-13(17)15-9-7-8-10-16(15)14(18)20-12(4)6-2/h11-12H,5-10H2,1-4H3. The molecule has 1 aliphatic rings. The van der Waals surface area contributed by atoms with E-state index in [1.807, 2.05) is 27.7 Å². The van der Waals surface area contributed by atoms with Gasteiger partial charge in [-0.3, -0.25) is 0 Å². The van der Waals surface area contributed by atoms with Gasteiger partial charge in [-0.15, -0.1) is 0 Å². The molecule has 2 amide bonds. The van der Waals surface area contributed by atoms with Crippen molar-refractivity contribution in [3.8, 4) is 0 Å². The van der Waals surface area contributed by atoms with Gasteiger partial charge in [0.15, 0.2) is 0 Å². The number of carbonyl (C=O) groups is 2. The molecule has 1 fully saturated rings. The Labute approximate surface area is 121 Å². The molecule has 0 radical (unpaired) electrons. The minimum atomic E-state index is -0.472. The van der Waals surface area contributed by atoms with Crippen LogP contribution in [0.3, 0.4) is 0 Å². The summed E-state index contributed by atoms with van der Waals surface area (Å²) in [4.78, 5) is 24.2. The van der Waals surface area contributed by atoms with Crippen LogP contribution >= 0.6 is 0 Å². The Kier molecular flexibility index (Phi) is 6.61. The summed E-state index contributed by atoms with van der Waals surface area (Å²) in [5.74, 6) is 0. The van der Waals surface area contributed by atoms with E-state index in [-0.39, 0.29) is 12.2 Å². The molecule has 2 atom stereocenters. The van der Waals surface area contributed by atoms with Crippen molar-refractivity contribution < 1.29 is 19.1 Å². The highest BCUT2D eigenvalue weighted by Crippen LogP contribution is 2.16. The predicted molar refractivity (Wildman–Crippen MR) is 75.1 cm³/mol. The summed E-state index contributed by atoms with van der Waals surface area (Å²) < 4.78 is 10.6. The maximum absolute atomic E-state index is 12.1. The lowest BCUT2D eigenvalue weighted by Gasteiger charge is -2.37. The molecule has 0 bridgehead atoms. The molecule has 1 rings (SSSR count). The average Bonchev–Trinajstić information content (AvgIpc) is 2.46. The summed E-state index contributed by atoms with van der Waals surface area (Å²) in [5, 5.41) is 2.72. The lowest BCUT2D eigenvalue weighted by molar-refractivity contribution is -0.0528. The fourth-order valence-electron chi connectivity index (χ4n) is 1.78. The molecular weight excluding hydrogens is 260 g/mol. The molecule has 1 aliphatic heterocycles. The largest absolute Gasteiger partial charge is 0.445 e. The van der Waals surface area contributed by atoms with Gasteiger partial charge in [0.05, 0.1) is 0 Å². The van der Waals surface area contributed by atoms with Crippen LogP contribution in [0.1, 0.15) is 53.4 Å². The van der Waals surface area contributed by atoms with Crippen LogP contribution in [0.25, 0.3) is 0 Å². The highest BCUT2D eigenvalue weighted by Gasteiger charge is 2.32. The molecule has 6 heteroatoms. The highest BCUT2D eigenvalue weighted by atomic mass is 16.6. The molecule has 20 heavy (non-hydrogen) atoms. The van der Waals surface area contributed by atoms with Gasteiger partial charge in [-0.2, -0.15) is 0 Å². The van der Waals surface area contributed by atoms with Crippen LogP contribution < -0.4 is 0 Å². The molecular formula is C14H26N2O4. The second-order valence-corrected chi connectivity index (χ2v) is 5.16. The monoisotopic (exact) mass is 286 g/mol. The van der Waals surface area contributed by atoms with Gasteiger partial charge in [0, 0.05) is 13.1 Å². The number of rotatable bonds is 4. The van der Waals surface area contributed by atoms with Crippen LogP contribution in [0.4, 0.5) is 9.59 Å². The van der Waals surface area contributed by atoms with E-state index < -0.39 is 12.2 Å². The first-order valence-corrected chi connectivity index (χ1v) is 7.45. The number of amides is 2. The third-order valence-electron chi connectivity index (χ3n) is 3.46. The minimum absolute atomic E-state index is 0.156. The van der Waals surface area contributed by atoms with E-state index in [1.54, 1.807) is 0 Å². The van der Waals surface area contributed by atoms with E-state index in [1.165, 1.54) is 10.0 Å². The lowest BCUT2D eigenvalue weighted by atomic mass is 10.2. The Morgan fingerprint density at radius 3 is 1.55 bits per heavy atom. The molecule has 0 N–H and O–H groups in total. The fraction of sp³-hybridized carbons (Fsp3) is 0.857. The fourth-order valence-corrected chi connectivity index (χ4v) is 1.78. The third-order valence-corrected chi connectivity index (χ3v) is 3.46. The molecule has 2 unspecified atom stereocenters. The van der Waals surface area contributed by atoms with Crippen molar-refractivity contribution >= 4 is 12.2 Å². The van der Waals surface area contributed by atoms with Gasteiger partial charge in [0.2, 0.25) is 0 Å². The summed E-state index contributed by atoms with van der Waals surface area (Å²) >= 11 is 0. The SMILES string of the molecule is CCC(C)OC(=O)N1CCCCN1C(=O)OC(C)CC. The number of hydrazine groups is 1. The van der Waals surface area contributed by atoms with Crippen LogP contribution in [-0.4, -0.2) is 47.5 Å². The first-order valence-electron chi connectivity index (χ1n) is 7.45. The molecule has 0 aromatic carbocycles. The quantitative estimate of drug-likeness (QED) is 0.796. The molecule has 0 saturated carbocycles. The molecule has 0 aliphatic carbocycles. The Balaban J connectivity index is 2.66. The van der Waals surface area contributed by atoms with Gasteiger partial charge in [-0.25, -0.2) is 19.6 Å². The van der Waals surface area contributed by atoms with E-state index in [4.69, 9.17) is 9.47 Å². The average molecular weight is 286 g/mol. The summed E-state index contributed by atoms with van der Waals surface area (Å²) in [6.07, 6.45) is 1.97. The van der Waals surface area contributed by atoms with E-state index >= 15 is 0 Å².